The average Bonchev–Trinajstić information content (AvgIpc) is 2.69. The highest BCUT2D eigenvalue weighted by molar-refractivity contribution is 6.30. The second kappa shape index (κ2) is 4.46. The van der Waals surface area contributed by atoms with Crippen molar-refractivity contribution in [3.8, 4) is 11.4 Å². The summed E-state index contributed by atoms with van der Waals surface area (Å²) in [5.74, 6) is -1.54. The molecule has 0 amide bonds. The fourth-order valence-electron chi connectivity index (χ4n) is 1.28. The first-order valence-electron chi connectivity index (χ1n) is 4.51. The predicted octanol–water partition coefficient (Wildman–Crippen LogP) is 1.22. The van der Waals surface area contributed by atoms with E-state index < -0.39 is 18.3 Å². The first kappa shape index (κ1) is 11.5. The standard InChI is InChI=1S/C9H6ClFN4O2/c10-6-2-1-5(3-7(6)11)9-12-13-14-15(9)4-8(16)17/h1-3H,4H2,(H,16,17). The van der Waals surface area contributed by atoms with Crippen LogP contribution in [0.5, 0.6) is 0 Å². The summed E-state index contributed by atoms with van der Waals surface area (Å²) in [7, 11) is 0. The molecule has 8 heteroatoms. The van der Waals surface area contributed by atoms with Gasteiger partial charge in [0.1, 0.15) is 12.4 Å². The molecule has 1 heterocycles. The van der Waals surface area contributed by atoms with Gasteiger partial charge in [-0.2, -0.15) is 0 Å². The van der Waals surface area contributed by atoms with Gasteiger partial charge in [-0.3, -0.25) is 4.79 Å². The van der Waals surface area contributed by atoms with Crippen molar-refractivity contribution in [2.24, 2.45) is 0 Å². The lowest BCUT2D eigenvalue weighted by Crippen LogP contribution is -2.11. The molecule has 0 aliphatic carbocycles. The molecule has 88 valence electrons. The molecule has 2 aromatic rings. The number of tetrazole rings is 1. The number of aliphatic carboxylic acids is 1. The lowest BCUT2D eigenvalue weighted by atomic mass is 10.2. The number of nitrogens with zero attached hydrogens (tertiary/aromatic N) is 4. The van der Waals surface area contributed by atoms with Crippen LogP contribution in [0, 0.1) is 5.82 Å². The van der Waals surface area contributed by atoms with Crippen LogP contribution in [-0.2, 0) is 11.3 Å². The summed E-state index contributed by atoms with van der Waals surface area (Å²) >= 11 is 5.54. The Morgan fingerprint density at radius 2 is 2.29 bits per heavy atom. The molecule has 0 bridgehead atoms. The zero-order valence-corrected chi connectivity index (χ0v) is 9.10. The van der Waals surface area contributed by atoms with Gasteiger partial charge in [0.05, 0.1) is 5.02 Å². The Morgan fingerprint density at radius 1 is 1.53 bits per heavy atom. The van der Waals surface area contributed by atoms with E-state index in [9.17, 15) is 9.18 Å². The second-order valence-corrected chi connectivity index (χ2v) is 3.59. The van der Waals surface area contributed by atoms with Crippen molar-refractivity contribution in [3.05, 3.63) is 29.0 Å². The number of rotatable bonds is 3. The number of aromatic nitrogens is 4. The lowest BCUT2D eigenvalue weighted by Gasteiger charge is -2.02. The molecule has 0 aliphatic heterocycles. The normalized spacial score (nSPS) is 10.5. The number of carboxylic acid groups (broad SMARTS) is 1. The monoisotopic (exact) mass is 256 g/mol. The van der Waals surface area contributed by atoms with Gasteiger partial charge >= 0.3 is 5.97 Å². The van der Waals surface area contributed by atoms with Gasteiger partial charge in [0.15, 0.2) is 5.82 Å². The van der Waals surface area contributed by atoms with Gasteiger partial charge in [-0.1, -0.05) is 11.6 Å². The lowest BCUT2D eigenvalue weighted by molar-refractivity contribution is -0.137. The van der Waals surface area contributed by atoms with Gasteiger partial charge in [0.25, 0.3) is 0 Å². The zero-order chi connectivity index (χ0) is 12.4. The molecule has 2 rings (SSSR count). The molecule has 1 N–H and O–H groups in total. The van der Waals surface area contributed by atoms with Crippen molar-refractivity contribution in [1.82, 2.24) is 20.2 Å². The summed E-state index contributed by atoms with van der Waals surface area (Å²) in [4.78, 5) is 10.6. The van der Waals surface area contributed by atoms with E-state index in [4.69, 9.17) is 16.7 Å². The average molecular weight is 257 g/mol. The van der Waals surface area contributed by atoms with E-state index in [0.29, 0.717) is 5.56 Å². The van der Waals surface area contributed by atoms with E-state index in [2.05, 4.69) is 15.5 Å². The summed E-state index contributed by atoms with van der Waals surface area (Å²) in [5.41, 5.74) is 0.359. The molecule has 0 saturated carbocycles. The van der Waals surface area contributed by atoms with E-state index >= 15 is 0 Å². The van der Waals surface area contributed by atoms with Crippen molar-refractivity contribution < 1.29 is 14.3 Å². The molecule has 0 fully saturated rings. The molecule has 0 atom stereocenters. The Balaban J connectivity index is 2.42. The number of halogens is 2. The van der Waals surface area contributed by atoms with Crippen LogP contribution in [0.25, 0.3) is 11.4 Å². The van der Waals surface area contributed by atoms with Crippen LogP contribution in [0.4, 0.5) is 4.39 Å². The third-order valence-electron chi connectivity index (χ3n) is 1.99. The molecule has 1 aromatic carbocycles. The number of carbonyl (C=O) groups is 1. The van der Waals surface area contributed by atoms with Crippen LogP contribution in [0.15, 0.2) is 18.2 Å². The Labute approximate surface area is 99.6 Å². The summed E-state index contributed by atoms with van der Waals surface area (Å²) in [5, 5.41) is 19.1. The number of hydrogen-bond acceptors (Lipinski definition) is 4. The summed E-state index contributed by atoms with van der Waals surface area (Å²) in [6, 6.07) is 4.01. The molecule has 6 nitrogen and oxygen atoms in total. The number of benzene rings is 1. The summed E-state index contributed by atoms with van der Waals surface area (Å²) < 4.78 is 14.3. The van der Waals surface area contributed by atoms with Crippen molar-refractivity contribution in [2.75, 3.05) is 0 Å². The maximum absolute atomic E-state index is 13.2. The van der Waals surface area contributed by atoms with Crippen LogP contribution < -0.4 is 0 Å². The fraction of sp³-hybridized carbons (Fsp3) is 0.111. The van der Waals surface area contributed by atoms with Crippen LogP contribution in [0.2, 0.25) is 5.02 Å². The smallest absolute Gasteiger partial charge is 0.325 e. The third kappa shape index (κ3) is 2.39. The maximum Gasteiger partial charge on any atom is 0.325 e. The van der Waals surface area contributed by atoms with Crippen LogP contribution in [0.3, 0.4) is 0 Å². The Hall–Kier alpha value is -2.02. The van der Waals surface area contributed by atoms with Crippen LogP contribution in [0.1, 0.15) is 0 Å². The minimum atomic E-state index is -1.09. The predicted molar refractivity (Wildman–Crippen MR) is 55.9 cm³/mol. The van der Waals surface area contributed by atoms with Gasteiger partial charge in [-0.05, 0) is 28.6 Å². The van der Waals surface area contributed by atoms with Gasteiger partial charge in [-0.15, -0.1) is 5.10 Å². The minimum Gasteiger partial charge on any atom is -0.480 e. The molecule has 0 aliphatic rings. The molecule has 17 heavy (non-hydrogen) atoms. The maximum atomic E-state index is 13.2. The largest absolute Gasteiger partial charge is 0.480 e. The summed E-state index contributed by atoms with van der Waals surface area (Å²) in [6.07, 6.45) is 0. The van der Waals surface area contributed by atoms with Crippen molar-refractivity contribution in [3.63, 3.8) is 0 Å². The Kier molecular flexibility index (Phi) is 3.01. The topological polar surface area (TPSA) is 80.9 Å². The van der Waals surface area contributed by atoms with Crippen molar-refractivity contribution in [1.29, 1.82) is 0 Å². The van der Waals surface area contributed by atoms with E-state index in [0.717, 1.165) is 10.7 Å². The molecule has 0 saturated heterocycles. The van der Waals surface area contributed by atoms with E-state index in [1.54, 1.807) is 0 Å². The fourth-order valence-corrected chi connectivity index (χ4v) is 1.40. The summed E-state index contributed by atoms with van der Waals surface area (Å²) in [6.45, 7) is -0.396. The zero-order valence-electron chi connectivity index (χ0n) is 8.34. The van der Waals surface area contributed by atoms with Gasteiger partial charge in [0, 0.05) is 5.56 Å². The highest BCUT2D eigenvalue weighted by atomic mass is 35.5. The third-order valence-corrected chi connectivity index (χ3v) is 2.30. The first-order chi connectivity index (χ1) is 8.08. The number of hydrogen-bond donors (Lipinski definition) is 1. The highest BCUT2D eigenvalue weighted by Gasteiger charge is 2.13. The SMILES string of the molecule is O=C(O)Cn1nnnc1-c1ccc(Cl)c(F)c1. The van der Waals surface area contributed by atoms with Gasteiger partial charge < -0.3 is 5.11 Å². The highest BCUT2D eigenvalue weighted by Crippen LogP contribution is 2.22. The minimum absolute atomic E-state index is 0.0222. The van der Waals surface area contributed by atoms with Crippen LogP contribution >= 0.6 is 11.6 Å². The molecule has 0 spiro atoms. The quantitative estimate of drug-likeness (QED) is 0.893. The Bertz CT molecular complexity index is 572. The van der Waals surface area contributed by atoms with Crippen LogP contribution in [-0.4, -0.2) is 31.3 Å². The van der Waals surface area contributed by atoms with E-state index in [1.165, 1.54) is 12.1 Å². The molecule has 0 radical (unpaired) electrons. The molecule has 1 aromatic heterocycles. The van der Waals surface area contributed by atoms with Crippen molar-refractivity contribution in [2.45, 2.75) is 6.54 Å². The molecular weight excluding hydrogens is 251 g/mol. The van der Waals surface area contributed by atoms with Crippen molar-refractivity contribution >= 4 is 17.6 Å². The number of carboxylic acids is 1. The Morgan fingerprint density at radius 3 is 2.94 bits per heavy atom. The molecular formula is C9H6ClFN4O2. The van der Waals surface area contributed by atoms with Gasteiger partial charge in [0.2, 0.25) is 0 Å². The van der Waals surface area contributed by atoms with Gasteiger partial charge in [-0.25, -0.2) is 9.07 Å². The second-order valence-electron chi connectivity index (χ2n) is 3.18. The molecule has 0 unspecified atom stereocenters. The van der Waals surface area contributed by atoms with E-state index in [1.807, 2.05) is 0 Å². The van der Waals surface area contributed by atoms with E-state index in [-0.39, 0.29) is 10.8 Å². The first-order valence-corrected chi connectivity index (χ1v) is 4.89.